The molecule has 0 spiro atoms. The average Bonchev–Trinajstić information content (AvgIpc) is 2.73. The second kappa shape index (κ2) is 12.7. The standard InChI is InChI=1S/C22H30Cl2N6.HI/c1-4-25-22(28-16(2)19-8-7-18(23)14-20(19)24)27-15-17-6-5-9-26-21(17)30-12-10-29(3)11-13-30;/h5-9,14,16H,4,10-13,15H2,1-3H3,(H2,25,27,28);1H. The molecule has 1 aliphatic heterocycles. The highest BCUT2D eigenvalue weighted by molar-refractivity contribution is 14.0. The minimum absolute atomic E-state index is 0. The van der Waals surface area contributed by atoms with Crippen LogP contribution >= 0.6 is 47.2 Å². The molecule has 2 heterocycles. The summed E-state index contributed by atoms with van der Waals surface area (Å²) in [7, 11) is 2.16. The van der Waals surface area contributed by atoms with Gasteiger partial charge >= 0.3 is 0 Å². The van der Waals surface area contributed by atoms with E-state index >= 15 is 0 Å². The van der Waals surface area contributed by atoms with Gasteiger partial charge in [0.1, 0.15) is 5.82 Å². The first-order valence-electron chi connectivity index (χ1n) is 10.3. The lowest BCUT2D eigenvalue weighted by atomic mass is 10.1. The number of aromatic nitrogens is 1. The summed E-state index contributed by atoms with van der Waals surface area (Å²) in [5.41, 5.74) is 2.10. The molecule has 1 unspecified atom stereocenters. The third kappa shape index (κ3) is 7.37. The zero-order valence-electron chi connectivity index (χ0n) is 18.2. The van der Waals surface area contributed by atoms with Gasteiger partial charge in [-0.05, 0) is 44.7 Å². The van der Waals surface area contributed by atoms with Crippen LogP contribution in [0.25, 0.3) is 0 Å². The highest BCUT2D eigenvalue weighted by atomic mass is 127. The van der Waals surface area contributed by atoms with Crippen LogP contribution in [-0.2, 0) is 6.54 Å². The van der Waals surface area contributed by atoms with Gasteiger partial charge in [0.05, 0.1) is 12.6 Å². The van der Waals surface area contributed by atoms with E-state index in [4.69, 9.17) is 28.2 Å². The van der Waals surface area contributed by atoms with Crippen LogP contribution in [0.5, 0.6) is 0 Å². The van der Waals surface area contributed by atoms with E-state index in [1.165, 1.54) is 0 Å². The average molecular weight is 577 g/mol. The van der Waals surface area contributed by atoms with Crippen LogP contribution in [0.4, 0.5) is 5.82 Å². The Morgan fingerprint density at radius 3 is 2.61 bits per heavy atom. The third-order valence-electron chi connectivity index (χ3n) is 5.20. The molecule has 0 amide bonds. The number of rotatable bonds is 6. The fourth-order valence-electron chi connectivity index (χ4n) is 3.48. The van der Waals surface area contributed by atoms with E-state index in [9.17, 15) is 0 Å². The molecule has 9 heteroatoms. The molecule has 1 saturated heterocycles. The predicted molar refractivity (Wildman–Crippen MR) is 142 cm³/mol. The zero-order valence-corrected chi connectivity index (χ0v) is 22.1. The second-order valence-corrected chi connectivity index (χ2v) is 8.35. The maximum atomic E-state index is 6.37. The van der Waals surface area contributed by atoms with Crippen molar-refractivity contribution in [3.63, 3.8) is 0 Å². The number of benzene rings is 1. The van der Waals surface area contributed by atoms with Crippen molar-refractivity contribution >= 4 is 59.0 Å². The zero-order chi connectivity index (χ0) is 21.5. The molecule has 1 aliphatic rings. The molecule has 2 N–H and O–H groups in total. The molecule has 2 aromatic rings. The maximum absolute atomic E-state index is 6.37. The van der Waals surface area contributed by atoms with Crippen LogP contribution < -0.4 is 15.5 Å². The van der Waals surface area contributed by atoms with Gasteiger partial charge in [0.2, 0.25) is 0 Å². The van der Waals surface area contributed by atoms with Crippen LogP contribution in [0.1, 0.15) is 31.0 Å². The number of aliphatic imine (C=N–C) groups is 1. The Morgan fingerprint density at radius 2 is 1.94 bits per heavy atom. The molecule has 170 valence electrons. The van der Waals surface area contributed by atoms with Crippen molar-refractivity contribution in [1.29, 1.82) is 0 Å². The lowest BCUT2D eigenvalue weighted by Gasteiger charge is -2.34. The van der Waals surface area contributed by atoms with E-state index in [2.05, 4.69) is 52.4 Å². The van der Waals surface area contributed by atoms with E-state index in [1.807, 2.05) is 24.4 Å². The summed E-state index contributed by atoms with van der Waals surface area (Å²) in [6.45, 7) is 9.48. The molecule has 0 bridgehead atoms. The van der Waals surface area contributed by atoms with Crippen molar-refractivity contribution in [2.45, 2.75) is 26.4 Å². The Hall–Kier alpha value is -1.29. The Kier molecular flexibility index (Phi) is 10.6. The van der Waals surface area contributed by atoms with E-state index in [0.29, 0.717) is 16.6 Å². The van der Waals surface area contributed by atoms with E-state index in [-0.39, 0.29) is 30.0 Å². The first kappa shape index (κ1) is 26.0. The summed E-state index contributed by atoms with van der Waals surface area (Å²) < 4.78 is 0. The summed E-state index contributed by atoms with van der Waals surface area (Å²) in [6, 6.07) is 9.62. The summed E-state index contributed by atoms with van der Waals surface area (Å²) >= 11 is 12.4. The number of hydrogen-bond donors (Lipinski definition) is 2. The first-order chi connectivity index (χ1) is 14.5. The van der Waals surface area contributed by atoms with Crippen LogP contribution in [0.2, 0.25) is 10.0 Å². The van der Waals surface area contributed by atoms with Crippen molar-refractivity contribution in [3.8, 4) is 0 Å². The number of pyridine rings is 1. The molecular formula is C22H31Cl2IN6. The first-order valence-corrected chi connectivity index (χ1v) is 11.1. The highest BCUT2D eigenvalue weighted by Crippen LogP contribution is 2.26. The smallest absolute Gasteiger partial charge is 0.192 e. The molecule has 1 atom stereocenters. The summed E-state index contributed by atoms with van der Waals surface area (Å²) in [6.07, 6.45) is 1.86. The number of guanidine groups is 1. The normalized spacial score (nSPS) is 15.9. The molecule has 1 aromatic carbocycles. The monoisotopic (exact) mass is 576 g/mol. The number of nitrogens with one attached hydrogen (secondary N) is 2. The quantitative estimate of drug-likeness (QED) is 0.300. The summed E-state index contributed by atoms with van der Waals surface area (Å²) in [5, 5.41) is 8.03. The van der Waals surface area contributed by atoms with Crippen LogP contribution in [0, 0.1) is 0 Å². The molecule has 6 nitrogen and oxygen atoms in total. The largest absolute Gasteiger partial charge is 0.357 e. The molecule has 3 rings (SSSR count). The summed E-state index contributed by atoms with van der Waals surface area (Å²) in [5.74, 6) is 1.77. The summed E-state index contributed by atoms with van der Waals surface area (Å²) in [4.78, 5) is 14.2. The molecule has 0 radical (unpaired) electrons. The molecule has 0 saturated carbocycles. The van der Waals surface area contributed by atoms with Gasteiger partial charge in [0.15, 0.2) is 5.96 Å². The van der Waals surface area contributed by atoms with Gasteiger partial charge in [0.25, 0.3) is 0 Å². The SMILES string of the molecule is CCNC(=NCc1cccnc1N1CCN(C)CC1)NC(C)c1ccc(Cl)cc1Cl.I. The molecule has 1 fully saturated rings. The lowest BCUT2D eigenvalue weighted by Crippen LogP contribution is -2.45. The van der Waals surface area contributed by atoms with Crippen molar-refractivity contribution in [3.05, 3.63) is 57.7 Å². The van der Waals surface area contributed by atoms with Gasteiger partial charge in [-0.15, -0.1) is 24.0 Å². The van der Waals surface area contributed by atoms with Crippen LogP contribution in [0.15, 0.2) is 41.5 Å². The predicted octanol–water partition coefficient (Wildman–Crippen LogP) is 4.57. The Labute approximate surface area is 212 Å². The van der Waals surface area contributed by atoms with Gasteiger partial charge in [-0.2, -0.15) is 0 Å². The molecule has 31 heavy (non-hydrogen) atoms. The minimum atomic E-state index is -0.0152. The topological polar surface area (TPSA) is 55.8 Å². The number of nitrogens with zero attached hydrogens (tertiary/aromatic N) is 4. The van der Waals surface area contributed by atoms with Gasteiger partial charge in [-0.1, -0.05) is 35.3 Å². The van der Waals surface area contributed by atoms with E-state index in [1.54, 1.807) is 6.07 Å². The Bertz CT molecular complexity index is 871. The second-order valence-electron chi connectivity index (χ2n) is 7.50. The lowest BCUT2D eigenvalue weighted by molar-refractivity contribution is 0.312. The van der Waals surface area contributed by atoms with Crippen LogP contribution in [0.3, 0.4) is 0 Å². The van der Waals surface area contributed by atoms with Gasteiger partial charge in [0, 0.05) is 54.5 Å². The highest BCUT2D eigenvalue weighted by Gasteiger charge is 2.18. The molecule has 0 aliphatic carbocycles. The van der Waals surface area contributed by atoms with Gasteiger partial charge in [-0.25, -0.2) is 9.98 Å². The van der Waals surface area contributed by atoms with Gasteiger partial charge < -0.3 is 20.4 Å². The number of likely N-dealkylation sites (N-methyl/N-ethyl adjacent to an activating group) is 1. The molecular weight excluding hydrogens is 546 g/mol. The maximum Gasteiger partial charge on any atom is 0.192 e. The van der Waals surface area contributed by atoms with E-state index < -0.39 is 0 Å². The molecule has 1 aromatic heterocycles. The van der Waals surface area contributed by atoms with E-state index in [0.717, 1.165) is 55.6 Å². The Morgan fingerprint density at radius 1 is 1.19 bits per heavy atom. The van der Waals surface area contributed by atoms with Crippen LogP contribution in [-0.4, -0.2) is 55.6 Å². The van der Waals surface area contributed by atoms with Crippen molar-refractivity contribution < 1.29 is 0 Å². The number of anilines is 1. The van der Waals surface area contributed by atoms with Crippen molar-refractivity contribution in [2.24, 2.45) is 4.99 Å². The van der Waals surface area contributed by atoms with Crippen molar-refractivity contribution in [1.82, 2.24) is 20.5 Å². The minimum Gasteiger partial charge on any atom is -0.357 e. The van der Waals surface area contributed by atoms with Crippen molar-refractivity contribution in [2.75, 3.05) is 44.7 Å². The number of halogens is 3. The fraction of sp³-hybridized carbons (Fsp3) is 0.455. The fourth-order valence-corrected chi connectivity index (χ4v) is 4.05. The number of piperazine rings is 1. The third-order valence-corrected chi connectivity index (χ3v) is 5.77. The number of hydrogen-bond acceptors (Lipinski definition) is 4. The van der Waals surface area contributed by atoms with Gasteiger partial charge in [-0.3, -0.25) is 0 Å². The Balaban J connectivity index is 0.00000341.